The standard InChI is InChI=1S/C30H31NO3Se/c1-20-17-23(32)7-11-26(20)29-19-28(30(35-29)27-12-8-24(33)18-21(27)2)22-5-9-25(10-6-22)34-16-15-31-13-3-4-14-31/h5-12,17-19,32-33H,3-4,13-16H2,1-2H3. The maximum absolute atomic E-state index is 9.96. The Labute approximate surface area is 213 Å². The van der Waals surface area contributed by atoms with E-state index in [0.29, 0.717) is 12.4 Å². The number of nitrogens with zero attached hydrogens (tertiary/aromatic N) is 1. The van der Waals surface area contributed by atoms with E-state index in [2.05, 4.69) is 42.2 Å². The van der Waals surface area contributed by atoms with Crippen LogP contribution in [-0.4, -0.2) is 55.9 Å². The van der Waals surface area contributed by atoms with Crippen molar-refractivity contribution >= 4 is 14.5 Å². The van der Waals surface area contributed by atoms with Gasteiger partial charge in [0.05, 0.1) is 0 Å². The predicted octanol–water partition coefficient (Wildman–Crippen LogP) is 6.25. The molecule has 1 aromatic heterocycles. The summed E-state index contributed by atoms with van der Waals surface area (Å²) in [4.78, 5) is 2.46. The molecule has 180 valence electrons. The number of phenols is 2. The first kappa shape index (κ1) is 23.7. The van der Waals surface area contributed by atoms with Crippen LogP contribution in [0.3, 0.4) is 0 Å². The Morgan fingerprint density at radius 1 is 0.771 bits per heavy atom. The van der Waals surface area contributed by atoms with Gasteiger partial charge in [0.1, 0.15) is 0 Å². The van der Waals surface area contributed by atoms with Crippen molar-refractivity contribution < 1.29 is 14.9 Å². The van der Waals surface area contributed by atoms with Crippen molar-refractivity contribution in [3.8, 4) is 48.4 Å². The third-order valence-corrected chi connectivity index (χ3v) is 9.22. The van der Waals surface area contributed by atoms with E-state index in [1.807, 2.05) is 31.2 Å². The molecule has 4 nitrogen and oxygen atoms in total. The number of hydrogen-bond acceptors (Lipinski definition) is 4. The molecule has 1 aliphatic heterocycles. The van der Waals surface area contributed by atoms with Crippen LogP contribution in [0.5, 0.6) is 17.2 Å². The van der Waals surface area contributed by atoms with Gasteiger partial charge in [-0.3, -0.25) is 0 Å². The molecule has 0 spiro atoms. The Hall–Kier alpha value is -2.98. The fourth-order valence-electron chi connectivity index (χ4n) is 4.79. The molecule has 4 aromatic rings. The van der Waals surface area contributed by atoms with E-state index in [9.17, 15) is 10.2 Å². The van der Waals surface area contributed by atoms with Crippen molar-refractivity contribution in [2.75, 3.05) is 26.2 Å². The summed E-state index contributed by atoms with van der Waals surface area (Å²) in [6, 6.07) is 22.0. The molecular weight excluding hydrogens is 501 g/mol. The monoisotopic (exact) mass is 533 g/mol. The second kappa shape index (κ2) is 10.3. The van der Waals surface area contributed by atoms with Crippen LogP contribution in [0, 0.1) is 13.8 Å². The van der Waals surface area contributed by atoms with Gasteiger partial charge in [-0.05, 0) is 0 Å². The summed E-state index contributed by atoms with van der Waals surface area (Å²) in [6.45, 7) is 8.17. The second-order valence-corrected chi connectivity index (χ2v) is 11.5. The van der Waals surface area contributed by atoms with Gasteiger partial charge in [-0.1, -0.05) is 0 Å². The molecule has 0 radical (unpaired) electrons. The van der Waals surface area contributed by atoms with E-state index in [4.69, 9.17) is 4.74 Å². The normalized spacial score (nSPS) is 13.9. The fourth-order valence-corrected chi connectivity index (χ4v) is 7.65. The number of likely N-dealkylation sites (tertiary alicyclic amines) is 1. The van der Waals surface area contributed by atoms with Gasteiger partial charge < -0.3 is 0 Å². The number of rotatable bonds is 7. The van der Waals surface area contributed by atoms with Crippen molar-refractivity contribution in [1.82, 2.24) is 4.90 Å². The third-order valence-electron chi connectivity index (χ3n) is 6.70. The van der Waals surface area contributed by atoms with E-state index in [-0.39, 0.29) is 20.3 Å². The average molecular weight is 533 g/mol. The molecule has 2 N–H and O–H groups in total. The zero-order chi connectivity index (χ0) is 24.4. The molecule has 0 aliphatic carbocycles. The van der Waals surface area contributed by atoms with Gasteiger partial charge in [-0.2, -0.15) is 0 Å². The first-order valence-corrected chi connectivity index (χ1v) is 13.9. The molecule has 0 unspecified atom stereocenters. The summed E-state index contributed by atoms with van der Waals surface area (Å²) in [5.74, 6) is 1.48. The minimum absolute atomic E-state index is 0.0870. The average Bonchev–Trinajstić information content (AvgIpc) is 3.50. The number of phenolic OH excluding ortho intramolecular Hbond substituents is 2. The zero-order valence-electron chi connectivity index (χ0n) is 20.3. The van der Waals surface area contributed by atoms with E-state index in [0.717, 1.165) is 29.0 Å². The van der Waals surface area contributed by atoms with Crippen LogP contribution in [0.4, 0.5) is 0 Å². The van der Waals surface area contributed by atoms with Crippen LogP contribution >= 0.6 is 0 Å². The number of ether oxygens (including phenoxy) is 1. The number of aryl methyl sites for hydroxylation is 2. The summed E-state index contributed by atoms with van der Waals surface area (Å²) < 4.78 is 8.62. The Morgan fingerprint density at radius 2 is 1.40 bits per heavy atom. The first-order valence-electron chi connectivity index (χ1n) is 12.2. The minimum atomic E-state index is 0.0870. The summed E-state index contributed by atoms with van der Waals surface area (Å²) >= 11 is 0.0870. The Balaban J connectivity index is 1.47. The predicted molar refractivity (Wildman–Crippen MR) is 144 cm³/mol. The van der Waals surface area contributed by atoms with Crippen molar-refractivity contribution in [3.05, 3.63) is 77.9 Å². The van der Waals surface area contributed by atoms with Crippen LogP contribution < -0.4 is 4.74 Å². The molecule has 5 rings (SSSR count). The summed E-state index contributed by atoms with van der Waals surface area (Å²) in [6.07, 6.45) is 2.60. The van der Waals surface area contributed by atoms with Gasteiger partial charge in [0.25, 0.3) is 0 Å². The molecular formula is C30H31NO3Se. The van der Waals surface area contributed by atoms with Crippen LogP contribution in [0.1, 0.15) is 24.0 Å². The zero-order valence-corrected chi connectivity index (χ0v) is 22.0. The topological polar surface area (TPSA) is 52.9 Å². The van der Waals surface area contributed by atoms with Crippen LogP contribution in [-0.2, 0) is 0 Å². The Morgan fingerprint density at radius 3 is 2.03 bits per heavy atom. The van der Waals surface area contributed by atoms with E-state index < -0.39 is 0 Å². The van der Waals surface area contributed by atoms with Crippen LogP contribution in [0.25, 0.3) is 31.1 Å². The van der Waals surface area contributed by atoms with E-state index >= 15 is 0 Å². The molecule has 3 aromatic carbocycles. The number of benzene rings is 3. The van der Waals surface area contributed by atoms with Gasteiger partial charge in [-0.25, -0.2) is 0 Å². The van der Waals surface area contributed by atoms with E-state index in [1.165, 1.54) is 51.5 Å². The Kier molecular flexibility index (Phi) is 7.01. The third kappa shape index (κ3) is 5.33. The van der Waals surface area contributed by atoms with Crippen LogP contribution in [0.2, 0.25) is 0 Å². The Bertz CT molecular complexity index is 1320. The molecule has 35 heavy (non-hydrogen) atoms. The fraction of sp³-hybridized carbons (Fsp3) is 0.267. The molecule has 0 amide bonds. The SMILES string of the molecule is Cc1cc(O)ccc1-c1cc(-c2ccc(OCCN3CCCC3)cc2)c(-c2ccc(O)cc2C)[se]1. The summed E-state index contributed by atoms with van der Waals surface area (Å²) in [7, 11) is 0. The van der Waals surface area contributed by atoms with Crippen molar-refractivity contribution in [2.24, 2.45) is 0 Å². The molecule has 0 bridgehead atoms. The first-order chi connectivity index (χ1) is 17.0. The molecule has 1 saturated heterocycles. The van der Waals surface area contributed by atoms with Crippen molar-refractivity contribution in [3.63, 3.8) is 0 Å². The van der Waals surface area contributed by atoms with Gasteiger partial charge in [0.15, 0.2) is 0 Å². The molecule has 0 saturated carbocycles. The van der Waals surface area contributed by atoms with Crippen molar-refractivity contribution in [2.45, 2.75) is 26.7 Å². The van der Waals surface area contributed by atoms with Crippen molar-refractivity contribution in [1.29, 1.82) is 0 Å². The second-order valence-electron chi connectivity index (χ2n) is 9.27. The summed E-state index contributed by atoms with van der Waals surface area (Å²) in [5.41, 5.74) is 6.86. The maximum atomic E-state index is 9.96. The van der Waals surface area contributed by atoms with Gasteiger partial charge in [-0.15, -0.1) is 0 Å². The number of aromatic hydroxyl groups is 2. The molecule has 5 heteroatoms. The van der Waals surface area contributed by atoms with Gasteiger partial charge in [0.2, 0.25) is 0 Å². The molecule has 0 atom stereocenters. The molecule has 1 fully saturated rings. The van der Waals surface area contributed by atoms with Crippen LogP contribution in [0.15, 0.2) is 66.7 Å². The quantitative estimate of drug-likeness (QED) is 0.277. The number of hydrogen-bond donors (Lipinski definition) is 2. The van der Waals surface area contributed by atoms with Gasteiger partial charge in [0, 0.05) is 0 Å². The summed E-state index contributed by atoms with van der Waals surface area (Å²) in [5, 5.41) is 19.9. The van der Waals surface area contributed by atoms with E-state index in [1.54, 1.807) is 12.1 Å². The van der Waals surface area contributed by atoms with Gasteiger partial charge >= 0.3 is 214 Å². The molecule has 2 heterocycles. The molecule has 1 aliphatic rings.